The van der Waals surface area contributed by atoms with Crippen molar-refractivity contribution < 1.29 is 24.2 Å². The molecular weight excluding hydrogens is 312 g/mol. The van der Waals surface area contributed by atoms with Gasteiger partial charge in [-0.2, -0.15) is 0 Å². The molecule has 1 heterocycles. The minimum Gasteiger partial charge on any atom is -0.478 e. The number of carboxylic acids is 1. The van der Waals surface area contributed by atoms with Crippen molar-refractivity contribution in [1.29, 1.82) is 0 Å². The van der Waals surface area contributed by atoms with E-state index >= 15 is 0 Å². The number of rotatable bonds is 5. The second-order valence-electron chi connectivity index (χ2n) is 6.45. The lowest BCUT2D eigenvalue weighted by atomic mass is 9.86. The highest BCUT2D eigenvalue weighted by atomic mass is 16.5. The SMILES string of the molecule is CC(C)C(C)(NC(=O)c1cc2c(cc1C(=O)O)COCC2)C(N)=O. The molecule has 0 fully saturated rings. The molecule has 1 unspecified atom stereocenters. The lowest BCUT2D eigenvalue weighted by Gasteiger charge is -2.31. The molecule has 0 spiro atoms. The molecule has 4 N–H and O–H groups in total. The number of carbonyl (C=O) groups is 3. The van der Waals surface area contributed by atoms with E-state index in [4.69, 9.17) is 10.5 Å². The zero-order chi connectivity index (χ0) is 18.1. The minimum atomic E-state index is -1.27. The average Bonchev–Trinajstić information content (AvgIpc) is 2.52. The fraction of sp³-hybridized carbons (Fsp3) is 0.471. The van der Waals surface area contributed by atoms with Gasteiger partial charge in [-0.15, -0.1) is 0 Å². The Kier molecular flexibility index (Phi) is 4.94. The van der Waals surface area contributed by atoms with Crippen LogP contribution < -0.4 is 11.1 Å². The van der Waals surface area contributed by atoms with Gasteiger partial charge >= 0.3 is 5.97 Å². The van der Waals surface area contributed by atoms with E-state index < -0.39 is 23.3 Å². The van der Waals surface area contributed by atoms with Crippen molar-refractivity contribution in [3.05, 3.63) is 34.4 Å². The molecule has 1 aromatic rings. The van der Waals surface area contributed by atoms with Gasteiger partial charge in [-0.05, 0) is 42.5 Å². The van der Waals surface area contributed by atoms with E-state index in [1.54, 1.807) is 19.9 Å². The summed E-state index contributed by atoms with van der Waals surface area (Å²) in [5.41, 5.74) is 5.69. The number of nitrogens with two attached hydrogens (primary N) is 1. The average molecular weight is 334 g/mol. The number of nitrogens with one attached hydrogen (secondary N) is 1. The van der Waals surface area contributed by atoms with Crippen LogP contribution in [0.25, 0.3) is 0 Å². The summed E-state index contributed by atoms with van der Waals surface area (Å²) in [7, 11) is 0. The largest absolute Gasteiger partial charge is 0.478 e. The Morgan fingerprint density at radius 1 is 1.25 bits per heavy atom. The van der Waals surface area contributed by atoms with Crippen LogP contribution in [0, 0.1) is 5.92 Å². The summed E-state index contributed by atoms with van der Waals surface area (Å²) in [6.07, 6.45) is 0.604. The predicted octanol–water partition coefficient (Wildman–Crippen LogP) is 1.09. The Labute approximate surface area is 140 Å². The summed E-state index contributed by atoms with van der Waals surface area (Å²) in [6, 6.07) is 3.03. The molecule has 1 aliphatic heterocycles. The first-order chi connectivity index (χ1) is 11.2. The summed E-state index contributed by atoms with van der Waals surface area (Å²) in [5.74, 6) is -2.76. The Hall–Kier alpha value is -2.41. The molecule has 1 aromatic carbocycles. The van der Waals surface area contributed by atoms with Gasteiger partial charge in [0, 0.05) is 0 Å². The zero-order valence-electron chi connectivity index (χ0n) is 14.0. The van der Waals surface area contributed by atoms with Gasteiger partial charge in [0.15, 0.2) is 0 Å². The molecule has 130 valence electrons. The van der Waals surface area contributed by atoms with Crippen LogP contribution in [0.1, 0.15) is 52.6 Å². The Morgan fingerprint density at radius 3 is 2.42 bits per heavy atom. The number of ether oxygens (including phenoxy) is 1. The lowest BCUT2D eigenvalue weighted by Crippen LogP contribution is -2.58. The monoisotopic (exact) mass is 334 g/mol. The molecule has 0 aromatic heterocycles. The highest BCUT2D eigenvalue weighted by Gasteiger charge is 2.37. The highest BCUT2D eigenvalue weighted by molar-refractivity contribution is 6.06. The van der Waals surface area contributed by atoms with E-state index in [0.717, 1.165) is 11.1 Å². The van der Waals surface area contributed by atoms with Gasteiger partial charge < -0.3 is 20.9 Å². The lowest BCUT2D eigenvalue weighted by molar-refractivity contribution is -0.125. The number of fused-ring (bicyclic) bond motifs is 1. The fourth-order valence-corrected chi connectivity index (χ4v) is 2.58. The van der Waals surface area contributed by atoms with E-state index in [9.17, 15) is 19.5 Å². The molecule has 1 atom stereocenters. The summed E-state index contributed by atoms with van der Waals surface area (Å²) in [4.78, 5) is 36.0. The molecule has 0 aliphatic carbocycles. The molecule has 0 radical (unpaired) electrons. The Morgan fingerprint density at radius 2 is 1.88 bits per heavy atom. The normalized spacial score (nSPS) is 16.2. The Balaban J connectivity index is 2.45. The fourth-order valence-electron chi connectivity index (χ4n) is 2.58. The van der Waals surface area contributed by atoms with Crippen molar-refractivity contribution in [3.8, 4) is 0 Å². The number of benzene rings is 1. The van der Waals surface area contributed by atoms with Gasteiger partial charge in [-0.3, -0.25) is 9.59 Å². The van der Waals surface area contributed by atoms with Gasteiger partial charge in [0.25, 0.3) is 5.91 Å². The first-order valence-corrected chi connectivity index (χ1v) is 7.76. The second kappa shape index (κ2) is 6.60. The molecule has 7 nitrogen and oxygen atoms in total. The van der Waals surface area contributed by atoms with E-state index in [1.165, 1.54) is 13.0 Å². The van der Waals surface area contributed by atoms with Crippen molar-refractivity contribution >= 4 is 17.8 Å². The molecule has 1 aliphatic rings. The number of amides is 2. The third-order valence-corrected chi connectivity index (χ3v) is 4.63. The van der Waals surface area contributed by atoms with Gasteiger partial charge in [-0.1, -0.05) is 13.8 Å². The third kappa shape index (κ3) is 3.26. The quantitative estimate of drug-likeness (QED) is 0.745. The van der Waals surface area contributed by atoms with Crippen molar-refractivity contribution in [2.24, 2.45) is 11.7 Å². The van der Waals surface area contributed by atoms with Crippen LogP contribution in [-0.4, -0.2) is 35.0 Å². The van der Waals surface area contributed by atoms with E-state index in [2.05, 4.69) is 5.32 Å². The summed E-state index contributed by atoms with van der Waals surface area (Å²) < 4.78 is 5.32. The van der Waals surface area contributed by atoms with Crippen molar-refractivity contribution in [3.63, 3.8) is 0 Å². The van der Waals surface area contributed by atoms with Gasteiger partial charge in [0.05, 0.1) is 24.3 Å². The number of hydrogen-bond donors (Lipinski definition) is 3. The summed E-state index contributed by atoms with van der Waals surface area (Å²) >= 11 is 0. The second-order valence-corrected chi connectivity index (χ2v) is 6.45. The topological polar surface area (TPSA) is 119 Å². The van der Waals surface area contributed by atoms with Crippen molar-refractivity contribution in [2.75, 3.05) is 6.61 Å². The van der Waals surface area contributed by atoms with E-state index in [-0.39, 0.29) is 17.0 Å². The third-order valence-electron chi connectivity index (χ3n) is 4.63. The van der Waals surface area contributed by atoms with Gasteiger partial charge in [0.1, 0.15) is 5.54 Å². The van der Waals surface area contributed by atoms with Crippen LogP contribution in [0.4, 0.5) is 0 Å². The number of carbonyl (C=O) groups excluding carboxylic acids is 2. The number of primary amides is 1. The van der Waals surface area contributed by atoms with Crippen molar-refractivity contribution in [1.82, 2.24) is 5.32 Å². The molecule has 0 saturated heterocycles. The number of aromatic carboxylic acids is 1. The molecule has 0 bridgehead atoms. The molecule has 24 heavy (non-hydrogen) atoms. The van der Waals surface area contributed by atoms with Crippen LogP contribution in [0.5, 0.6) is 0 Å². The van der Waals surface area contributed by atoms with Crippen LogP contribution in [0.15, 0.2) is 12.1 Å². The van der Waals surface area contributed by atoms with E-state index in [1.807, 2.05) is 0 Å². The first-order valence-electron chi connectivity index (χ1n) is 7.76. The summed E-state index contributed by atoms with van der Waals surface area (Å²) in [6.45, 7) is 5.89. The van der Waals surface area contributed by atoms with Crippen LogP contribution in [0.3, 0.4) is 0 Å². The molecule has 7 heteroatoms. The molecule has 2 rings (SSSR count). The first kappa shape index (κ1) is 17.9. The van der Waals surface area contributed by atoms with Crippen molar-refractivity contribution in [2.45, 2.75) is 39.3 Å². The van der Waals surface area contributed by atoms with Crippen LogP contribution in [-0.2, 0) is 22.6 Å². The molecule has 2 amide bonds. The van der Waals surface area contributed by atoms with Gasteiger partial charge in [-0.25, -0.2) is 4.79 Å². The van der Waals surface area contributed by atoms with Crippen LogP contribution >= 0.6 is 0 Å². The predicted molar refractivity (Wildman–Crippen MR) is 86.7 cm³/mol. The summed E-state index contributed by atoms with van der Waals surface area (Å²) in [5, 5.41) is 12.0. The number of carboxylic acid groups (broad SMARTS) is 1. The van der Waals surface area contributed by atoms with E-state index in [0.29, 0.717) is 19.6 Å². The maximum atomic E-state index is 12.7. The molecular formula is C17H22N2O5. The highest BCUT2D eigenvalue weighted by Crippen LogP contribution is 2.24. The van der Waals surface area contributed by atoms with Crippen LogP contribution in [0.2, 0.25) is 0 Å². The Bertz CT molecular complexity index is 698. The zero-order valence-corrected chi connectivity index (χ0v) is 14.0. The maximum Gasteiger partial charge on any atom is 0.336 e. The molecule has 0 saturated carbocycles. The van der Waals surface area contributed by atoms with Gasteiger partial charge in [0.2, 0.25) is 5.91 Å². The smallest absolute Gasteiger partial charge is 0.336 e. The standard InChI is InChI=1S/C17H22N2O5/c1-9(2)17(3,16(18)23)19-14(20)12-6-10-4-5-24-8-11(10)7-13(12)15(21)22/h6-7,9H,4-5,8H2,1-3H3,(H2,18,23)(H,19,20)(H,21,22). The maximum absolute atomic E-state index is 12.7. The minimum absolute atomic E-state index is 0.0243. The number of hydrogen-bond acceptors (Lipinski definition) is 4.